The Hall–Kier alpha value is -2.10. The van der Waals surface area contributed by atoms with Crippen LogP contribution in [0, 0.1) is 0 Å². The van der Waals surface area contributed by atoms with E-state index in [-0.39, 0.29) is 0 Å². The molecule has 74 valence electrons. The minimum absolute atomic E-state index is 0.765. The smallest absolute Gasteiger partial charge is 0.144 e. The molecule has 0 radical (unpaired) electrons. The van der Waals surface area contributed by atoms with Crippen LogP contribution in [0.2, 0.25) is 0 Å². The highest BCUT2D eigenvalue weighted by atomic mass is 15.0. The molecule has 3 rings (SSSR count). The lowest BCUT2D eigenvalue weighted by atomic mass is 10.2. The Morgan fingerprint density at radius 2 is 2.13 bits per heavy atom. The van der Waals surface area contributed by atoms with E-state index in [0.29, 0.717) is 0 Å². The monoisotopic (exact) mass is 198 g/mol. The van der Waals surface area contributed by atoms with Gasteiger partial charge in [-0.1, -0.05) is 6.07 Å². The summed E-state index contributed by atoms with van der Waals surface area (Å²) in [5.41, 5.74) is 8.55. The molecule has 0 bridgehead atoms. The van der Waals surface area contributed by atoms with Gasteiger partial charge in [-0.25, -0.2) is 9.97 Å². The van der Waals surface area contributed by atoms with Crippen LogP contribution in [0.5, 0.6) is 0 Å². The molecule has 0 spiro atoms. The van der Waals surface area contributed by atoms with Gasteiger partial charge >= 0.3 is 0 Å². The average molecular weight is 198 g/mol. The molecule has 15 heavy (non-hydrogen) atoms. The molecule has 0 amide bonds. The summed E-state index contributed by atoms with van der Waals surface area (Å²) >= 11 is 0. The summed E-state index contributed by atoms with van der Waals surface area (Å²) in [4.78, 5) is 8.30. The fourth-order valence-corrected chi connectivity index (χ4v) is 1.95. The highest BCUT2D eigenvalue weighted by molar-refractivity contribution is 6.06. The first-order valence-electron chi connectivity index (χ1n) is 4.71. The number of hydrogen-bond donors (Lipinski definition) is 1. The molecular weight excluding hydrogens is 188 g/mol. The number of nitrogens with zero attached hydrogens (tertiary/aromatic N) is 3. The number of fused-ring (bicyclic) bond motifs is 3. The second-order valence-corrected chi connectivity index (χ2v) is 3.60. The van der Waals surface area contributed by atoms with Gasteiger partial charge in [0.1, 0.15) is 12.0 Å². The van der Waals surface area contributed by atoms with Crippen molar-refractivity contribution in [1.82, 2.24) is 14.5 Å². The number of rotatable bonds is 0. The maximum Gasteiger partial charge on any atom is 0.144 e. The van der Waals surface area contributed by atoms with Gasteiger partial charge in [0, 0.05) is 29.7 Å². The molecule has 0 atom stereocenters. The van der Waals surface area contributed by atoms with Crippen LogP contribution < -0.4 is 5.73 Å². The number of aromatic nitrogens is 3. The van der Waals surface area contributed by atoms with Gasteiger partial charge < -0.3 is 10.3 Å². The standard InChI is InChI=1S/C11H10N4/c1-15-10-4-7(12)2-3-8(10)9-5-13-6-14-11(9)15/h2-6H,12H2,1H3. The van der Waals surface area contributed by atoms with Gasteiger partial charge in [0.25, 0.3) is 0 Å². The third-order valence-corrected chi connectivity index (χ3v) is 2.68. The highest BCUT2D eigenvalue weighted by Crippen LogP contribution is 2.27. The molecule has 3 aromatic rings. The zero-order valence-corrected chi connectivity index (χ0v) is 8.31. The molecule has 2 aromatic heterocycles. The molecule has 0 fully saturated rings. The number of aryl methyl sites for hydroxylation is 1. The summed E-state index contributed by atoms with van der Waals surface area (Å²) in [6, 6.07) is 5.86. The molecule has 0 aliphatic rings. The van der Waals surface area contributed by atoms with E-state index in [9.17, 15) is 0 Å². The topological polar surface area (TPSA) is 56.7 Å². The van der Waals surface area contributed by atoms with Gasteiger partial charge in [0.05, 0.1) is 5.52 Å². The molecule has 4 heteroatoms. The third kappa shape index (κ3) is 1.01. The van der Waals surface area contributed by atoms with Crippen LogP contribution in [0.25, 0.3) is 21.9 Å². The molecule has 0 aliphatic heterocycles. The van der Waals surface area contributed by atoms with Crippen molar-refractivity contribution in [2.24, 2.45) is 7.05 Å². The largest absolute Gasteiger partial charge is 0.399 e. The Bertz CT molecular complexity index is 654. The first kappa shape index (κ1) is 8.23. The summed E-state index contributed by atoms with van der Waals surface area (Å²) in [6.07, 6.45) is 3.39. The van der Waals surface area contributed by atoms with Crippen LogP contribution in [0.3, 0.4) is 0 Å². The lowest BCUT2D eigenvalue weighted by Gasteiger charge is -1.97. The molecule has 2 N–H and O–H groups in total. The normalized spacial score (nSPS) is 11.3. The second-order valence-electron chi connectivity index (χ2n) is 3.60. The molecule has 0 aliphatic carbocycles. The van der Waals surface area contributed by atoms with E-state index in [4.69, 9.17) is 5.73 Å². The van der Waals surface area contributed by atoms with E-state index in [2.05, 4.69) is 9.97 Å². The van der Waals surface area contributed by atoms with Crippen molar-refractivity contribution >= 4 is 27.6 Å². The first-order chi connectivity index (χ1) is 7.27. The zero-order valence-electron chi connectivity index (χ0n) is 8.31. The van der Waals surface area contributed by atoms with Gasteiger partial charge in [-0.3, -0.25) is 0 Å². The maximum atomic E-state index is 5.77. The minimum Gasteiger partial charge on any atom is -0.399 e. The van der Waals surface area contributed by atoms with Gasteiger partial charge in [-0.2, -0.15) is 0 Å². The Kier molecular flexibility index (Phi) is 1.48. The average Bonchev–Trinajstić information content (AvgIpc) is 2.54. The van der Waals surface area contributed by atoms with Gasteiger partial charge in [-0.05, 0) is 12.1 Å². The quantitative estimate of drug-likeness (QED) is 0.559. The predicted octanol–water partition coefficient (Wildman–Crippen LogP) is 1.70. The molecular formula is C11H10N4. The first-order valence-corrected chi connectivity index (χ1v) is 4.71. The van der Waals surface area contributed by atoms with Crippen LogP contribution in [-0.4, -0.2) is 14.5 Å². The summed E-state index contributed by atoms with van der Waals surface area (Å²) in [7, 11) is 1.98. The lowest BCUT2D eigenvalue weighted by Crippen LogP contribution is -1.90. The van der Waals surface area contributed by atoms with Gasteiger partial charge in [0.2, 0.25) is 0 Å². The summed E-state index contributed by atoms with van der Waals surface area (Å²) in [5.74, 6) is 0. The molecule has 0 unspecified atom stereocenters. The van der Waals surface area contributed by atoms with Crippen molar-refractivity contribution < 1.29 is 0 Å². The fourth-order valence-electron chi connectivity index (χ4n) is 1.95. The van der Waals surface area contributed by atoms with Crippen LogP contribution in [0.15, 0.2) is 30.7 Å². The van der Waals surface area contributed by atoms with Crippen molar-refractivity contribution in [3.63, 3.8) is 0 Å². The number of benzene rings is 1. The fraction of sp³-hybridized carbons (Fsp3) is 0.0909. The Labute approximate surface area is 86.4 Å². The Balaban J connectivity index is 2.63. The van der Waals surface area contributed by atoms with E-state index in [1.807, 2.05) is 36.0 Å². The van der Waals surface area contributed by atoms with Crippen LogP contribution in [0.1, 0.15) is 0 Å². The lowest BCUT2D eigenvalue weighted by molar-refractivity contribution is 0.982. The van der Waals surface area contributed by atoms with Crippen molar-refractivity contribution in [2.75, 3.05) is 5.73 Å². The minimum atomic E-state index is 0.765. The van der Waals surface area contributed by atoms with Gasteiger partial charge in [0.15, 0.2) is 0 Å². The van der Waals surface area contributed by atoms with Crippen LogP contribution in [0.4, 0.5) is 5.69 Å². The SMILES string of the molecule is Cn1c2cc(N)ccc2c2cncnc21. The summed E-state index contributed by atoms with van der Waals surface area (Å²) in [6.45, 7) is 0. The van der Waals surface area contributed by atoms with E-state index in [1.54, 1.807) is 6.33 Å². The van der Waals surface area contributed by atoms with Crippen molar-refractivity contribution in [2.45, 2.75) is 0 Å². The summed E-state index contributed by atoms with van der Waals surface area (Å²) < 4.78 is 2.03. The van der Waals surface area contributed by atoms with E-state index < -0.39 is 0 Å². The van der Waals surface area contributed by atoms with E-state index in [0.717, 1.165) is 27.6 Å². The van der Waals surface area contributed by atoms with E-state index >= 15 is 0 Å². The number of nitrogen functional groups attached to an aromatic ring is 1. The number of nitrogens with two attached hydrogens (primary N) is 1. The van der Waals surface area contributed by atoms with Crippen molar-refractivity contribution in [3.8, 4) is 0 Å². The van der Waals surface area contributed by atoms with E-state index in [1.165, 1.54) is 0 Å². The molecule has 1 aromatic carbocycles. The maximum absolute atomic E-state index is 5.77. The Morgan fingerprint density at radius 3 is 3.00 bits per heavy atom. The summed E-state index contributed by atoms with van der Waals surface area (Å²) in [5, 5.41) is 2.21. The molecule has 0 saturated heterocycles. The third-order valence-electron chi connectivity index (χ3n) is 2.68. The molecule has 2 heterocycles. The zero-order chi connectivity index (χ0) is 10.4. The molecule has 0 saturated carbocycles. The highest BCUT2D eigenvalue weighted by Gasteiger charge is 2.08. The number of anilines is 1. The van der Waals surface area contributed by atoms with Crippen molar-refractivity contribution in [1.29, 1.82) is 0 Å². The van der Waals surface area contributed by atoms with Crippen molar-refractivity contribution in [3.05, 3.63) is 30.7 Å². The van der Waals surface area contributed by atoms with Crippen LogP contribution in [-0.2, 0) is 7.05 Å². The Morgan fingerprint density at radius 1 is 1.27 bits per heavy atom. The molecule has 4 nitrogen and oxygen atoms in total. The predicted molar refractivity (Wildman–Crippen MR) is 60.4 cm³/mol. The second kappa shape index (κ2) is 2.70. The van der Waals surface area contributed by atoms with Gasteiger partial charge in [-0.15, -0.1) is 0 Å². The van der Waals surface area contributed by atoms with Crippen LogP contribution >= 0.6 is 0 Å². The number of hydrogen-bond acceptors (Lipinski definition) is 3.